The molecule has 0 heterocycles. The average Bonchev–Trinajstić information content (AvgIpc) is 2.69. The Morgan fingerprint density at radius 1 is 1.19 bits per heavy atom. The smallest absolute Gasteiger partial charge is 0.235 e. The molecule has 0 aliphatic heterocycles. The minimum atomic E-state index is -2.84. The predicted octanol–water partition coefficient (Wildman–Crippen LogP) is -0.989. The Morgan fingerprint density at radius 3 is 2.38 bits per heavy atom. The van der Waals surface area contributed by atoms with Crippen molar-refractivity contribution in [1.82, 2.24) is 4.90 Å². The van der Waals surface area contributed by atoms with E-state index in [1.165, 1.54) is 25.1 Å². The van der Waals surface area contributed by atoms with Gasteiger partial charge in [-0.2, -0.15) is 0 Å². The zero-order chi connectivity index (χ0) is 23.9. The van der Waals surface area contributed by atoms with Crippen molar-refractivity contribution in [3.8, 4) is 5.75 Å². The lowest BCUT2D eigenvalue weighted by Gasteiger charge is -2.53. The molecule has 3 aliphatic rings. The van der Waals surface area contributed by atoms with Gasteiger partial charge in [0.1, 0.15) is 5.75 Å². The number of carbonyl (C=O) groups is 5. The highest BCUT2D eigenvalue weighted by Crippen LogP contribution is 2.54. The van der Waals surface area contributed by atoms with Crippen LogP contribution in [0.1, 0.15) is 28.4 Å². The number of primary amides is 1. The van der Waals surface area contributed by atoms with E-state index in [1.807, 2.05) is 0 Å². The zero-order valence-electron chi connectivity index (χ0n) is 17.1. The second kappa shape index (κ2) is 7.17. The van der Waals surface area contributed by atoms with E-state index in [1.54, 1.807) is 0 Å². The monoisotopic (exact) mass is 464 g/mol. The number of carbonyl (C=O) groups excluding carboxylic acids is 5. The van der Waals surface area contributed by atoms with Gasteiger partial charge in [0.25, 0.3) is 0 Å². The maximum absolute atomic E-state index is 13.5. The molecule has 1 aromatic rings. The lowest BCUT2D eigenvalue weighted by atomic mass is 9.52. The average molecular weight is 465 g/mol. The molecule has 2 saturated carbocycles. The summed E-state index contributed by atoms with van der Waals surface area (Å²) in [4.78, 5) is 66.1. The Hall–Kier alpha value is -2.66. The largest absolute Gasteiger partial charge is 0.507 e. The van der Waals surface area contributed by atoms with Crippen LogP contribution in [-0.2, 0) is 19.2 Å². The number of aliphatic hydroxyl groups excluding tert-OH is 1. The van der Waals surface area contributed by atoms with Crippen molar-refractivity contribution in [1.29, 1.82) is 0 Å². The number of hydrogen-bond donors (Lipinski definition) is 4. The summed E-state index contributed by atoms with van der Waals surface area (Å²) in [5.74, 6) is -12.4. The van der Waals surface area contributed by atoms with Crippen molar-refractivity contribution in [2.75, 3.05) is 14.1 Å². The molecular formula is C21H21ClN2O8. The number of fused-ring (bicyclic) bond motifs is 3. The SMILES string of the molecule is CN(C)[C@H]1C(=O)C(C(N)=O)C(=O)[C@@]2(O)C(=O)C3C(=O)c4c(O)ccc(Cl)c4[C@H](O)[C@H]3C[C@@H]12. The molecule has 32 heavy (non-hydrogen) atoms. The number of benzene rings is 1. The summed E-state index contributed by atoms with van der Waals surface area (Å²) < 4.78 is 0. The van der Waals surface area contributed by atoms with E-state index in [0.717, 1.165) is 6.07 Å². The van der Waals surface area contributed by atoms with Gasteiger partial charge in [-0.25, -0.2) is 0 Å². The van der Waals surface area contributed by atoms with Crippen molar-refractivity contribution in [2.45, 2.75) is 24.2 Å². The molecule has 1 amide bonds. The number of nitrogens with two attached hydrogens (primary N) is 1. The molecule has 1 aromatic carbocycles. The summed E-state index contributed by atoms with van der Waals surface area (Å²) in [7, 11) is 2.94. The highest BCUT2D eigenvalue weighted by atomic mass is 35.5. The fraction of sp³-hybridized carbons (Fsp3) is 0.476. The molecule has 0 radical (unpaired) electrons. The van der Waals surface area contributed by atoms with Crippen LogP contribution < -0.4 is 5.73 Å². The van der Waals surface area contributed by atoms with Crippen molar-refractivity contribution in [3.63, 3.8) is 0 Å². The van der Waals surface area contributed by atoms with Crippen molar-refractivity contribution in [2.24, 2.45) is 29.4 Å². The summed E-state index contributed by atoms with van der Waals surface area (Å²) in [6.45, 7) is 0. The minimum Gasteiger partial charge on any atom is -0.507 e. The van der Waals surface area contributed by atoms with Crippen molar-refractivity contribution < 1.29 is 39.3 Å². The molecular weight excluding hydrogens is 444 g/mol. The maximum Gasteiger partial charge on any atom is 0.235 e. The van der Waals surface area contributed by atoms with Crippen LogP contribution in [0.3, 0.4) is 0 Å². The summed E-state index contributed by atoms with van der Waals surface area (Å²) in [5.41, 5.74) is 1.98. The first kappa shape index (κ1) is 22.5. The van der Waals surface area contributed by atoms with Gasteiger partial charge in [-0.15, -0.1) is 0 Å². The van der Waals surface area contributed by atoms with Gasteiger partial charge in [-0.3, -0.25) is 28.9 Å². The van der Waals surface area contributed by atoms with Crippen LogP contribution in [0.4, 0.5) is 0 Å². The normalized spacial score (nSPS) is 36.6. The lowest BCUT2D eigenvalue weighted by molar-refractivity contribution is -0.184. The molecule has 2 fully saturated rings. The fourth-order valence-corrected chi connectivity index (χ4v) is 5.87. The quantitative estimate of drug-likeness (QED) is 0.400. The third-order valence-electron chi connectivity index (χ3n) is 6.99. The Kier molecular flexibility index (Phi) is 5.05. The van der Waals surface area contributed by atoms with Crippen LogP contribution in [0.5, 0.6) is 5.75 Å². The van der Waals surface area contributed by atoms with Gasteiger partial charge in [0.05, 0.1) is 23.6 Å². The first-order valence-electron chi connectivity index (χ1n) is 9.89. The molecule has 0 spiro atoms. The van der Waals surface area contributed by atoms with Crippen molar-refractivity contribution >= 4 is 40.6 Å². The van der Waals surface area contributed by atoms with Gasteiger partial charge in [0.15, 0.2) is 34.7 Å². The number of nitrogens with zero attached hydrogens (tertiary/aromatic N) is 1. The number of aliphatic hydroxyl groups is 2. The topological polar surface area (TPSA) is 175 Å². The number of likely N-dealkylation sites (N-methyl/N-ethyl adjacent to an activating group) is 1. The molecule has 4 rings (SSSR count). The van der Waals surface area contributed by atoms with E-state index in [4.69, 9.17) is 17.3 Å². The number of amides is 1. The molecule has 11 heteroatoms. The minimum absolute atomic E-state index is 0.000803. The maximum atomic E-state index is 13.5. The summed E-state index contributed by atoms with van der Waals surface area (Å²) in [6.07, 6.45) is -1.75. The van der Waals surface area contributed by atoms with Crippen LogP contribution in [0.2, 0.25) is 5.02 Å². The first-order valence-corrected chi connectivity index (χ1v) is 10.3. The molecule has 7 atom stereocenters. The number of phenols is 1. The lowest BCUT2D eigenvalue weighted by Crippen LogP contribution is -2.74. The summed E-state index contributed by atoms with van der Waals surface area (Å²) >= 11 is 6.16. The molecule has 0 saturated heterocycles. The third kappa shape index (κ3) is 2.67. The number of hydrogen-bond acceptors (Lipinski definition) is 9. The van der Waals surface area contributed by atoms with Gasteiger partial charge in [0.2, 0.25) is 5.91 Å². The van der Waals surface area contributed by atoms with Crippen LogP contribution in [0, 0.1) is 23.7 Å². The first-order chi connectivity index (χ1) is 14.8. The predicted molar refractivity (Wildman–Crippen MR) is 108 cm³/mol. The Morgan fingerprint density at radius 2 is 1.81 bits per heavy atom. The molecule has 0 aromatic heterocycles. The van der Waals surface area contributed by atoms with E-state index >= 15 is 0 Å². The summed E-state index contributed by atoms with van der Waals surface area (Å²) in [5, 5.41) is 32.6. The number of Topliss-reactive ketones (excluding diaryl/α,β-unsaturated/α-hetero) is 4. The second-order valence-electron chi connectivity index (χ2n) is 8.79. The van der Waals surface area contributed by atoms with E-state index < -0.39 is 76.2 Å². The Labute approximate surface area is 186 Å². The zero-order valence-corrected chi connectivity index (χ0v) is 17.9. The van der Waals surface area contributed by atoms with Gasteiger partial charge < -0.3 is 21.1 Å². The van der Waals surface area contributed by atoms with Crippen molar-refractivity contribution in [3.05, 3.63) is 28.3 Å². The van der Waals surface area contributed by atoms with Crippen LogP contribution in [0.25, 0.3) is 0 Å². The molecule has 10 nitrogen and oxygen atoms in total. The molecule has 5 N–H and O–H groups in total. The molecule has 0 bridgehead atoms. The highest BCUT2D eigenvalue weighted by Gasteiger charge is 2.70. The Bertz CT molecular complexity index is 1100. The molecule has 3 aliphatic carbocycles. The number of rotatable bonds is 2. The molecule has 170 valence electrons. The highest BCUT2D eigenvalue weighted by molar-refractivity contribution is 6.34. The van der Waals surface area contributed by atoms with Crippen LogP contribution in [0.15, 0.2) is 12.1 Å². The van der Waals surface area contributed by atoms with E-state index in [2.05, 4.69) is 0 Å². The van der Waals surface area contributed by atoms with Gasteiger partial charge in [-0.05, 0) is 32.6 Å². The standard InChI is InChI=1S/C21H21ClN2O8/c1-24(2)14-7-5-6-10(16(27)12-9(25)4-3-8(22)11(12)15(6)26)18(29)21(7,32)19(30)13(17(14)28)20(23)31/h3-4,6-7,10,13-15,25-26,32H,5H2,1-2H3,(H2,23,31)/t6-,7-,10?,13?,14+,15+,21-/m0/s1. The number of ketones is 4. The van der Waals surface area contributed by atoms with Crippen LogP contribution >= 0.6 is 11.6 Å². The second-order valence-corrected chi connectivity index (χ2v) is 9.20. The third-order valence-corrected chi connectivity index (χ3v) is 7.31. The van der Waals surface area contributed by atoms with Gasteiger partial charge in [-0.1, -0.05) is 11.6 Å². The van der Waals surface area contributed by atoms with Gasteiger partial charge in [0, 0.05) is 22.4 Å². The van der Waals surface area contributed by atoms with E-state index in [0.29, 0.717) is 0 Å². The van der Waals surface area contributed by atoms with E-state index in [9.17, 15) is 39.3 Å². The molecule has 2 unspecified atom stereocenters. The fourth-order valence-electron chi connectivity index (χ4n) is 5.60. The number of phenolic OH excluding ortho intramolecular Hbond substituents is 1. The van der Waals surface area contributed by atoms with E-state index in [-0.39, 0.29) is 22.6 Å². The summed E-state index contributed by atoms with van der Waals surface area (Å²) in [6, 6.07) is 1.18. The van der Waals surface area contributed by atoms with Gasteiger partial charge >= 0.3 is 0 Å². The van der Waals surface area contributed by atoms with Crippen LogP contribution in [-0.4, -0.2) is 75.0 Å². The number of aromatic hydroxyl groups is 1. The number of halogens is 1. The Balaban J connectivity index is 1.93.